The number of nitrogens with zero attached hydrogens (tertiary/aromatic N) is 4. The third-order valence-electron chi connectivity index (χ3n) is 3.53. The first-order valence-corrected chi connectivity index (χ1v) is 7.88. The maximum absolute atomic E-state index is 4.61. The van der Waals surface area contributed by atoms with Crippen molar-refractivity contribution >= 4 is 11.8 Å². The molecule has 2 aromatic rings. The number of aryl methyl sites for hydroxylation is 1. The number of aromatic nitrogens is 3. The normalized spacial score (nSPS) is 10.5. The van der Waals surface area contributed by atoms with Crippen LogP contribution in [0.5, 0.6) is 0 Å². The van der Waals surface area contributed by atoms with Crippen LogP contribution >= 0.6 is 0 Å². The lowest BCUT2D eigenvalue weighted by Gasteiger charge is -2.19. The van der Waals surface area contributed by atoms with Crippen molar-refractivity contribution in [1.29, 1.82) is 0 Å². The molecule has 0 saturated heterocycles. The average Bonchev–Trinajstić information content (AvgIpc) is 2.53. The minimum absolute atomic E-state index is 0.721. The van der Waals surface area contributed by atoms with Crippen LogP contribution in [0.3, 0.4) is 0 Å². The Morgan fingerprint density at radius 1 is 1.18 bits per heavy atom. The molecule has 0 saturated carbocycles. The Morgan fingerprint density at radius 3 is 2.68 bits per heavy atom. The minimum Gasteiger partial charge on any atom is -0.359 e. The van der Waals surface area contributed by atoms with Gasteiger partial charge in [-0.25, -0.2) is 4.98 Å². The highest BCUT2D eigenvalue weighted by molar-refractivity contribution is 5.44. The molecule has 0 aliphatic rings. The van der Waals surface area contributed by atoms with E-state index < -0.39 is 0 Å². The molecule has 0 radical (unpaired) electrons. The van der Waals surface area contributed by atoms with E-state index in [9.17, 15) is 0 Å². The Morgan fingerprint density at radius 2 is 1.95 bits per heavy atom. The molecular formula is C17H25N5. The average molecular weight is 299 g/mol. The van der Waals surface area contributed by atoms with Crippen molar-refractivity contribution in [2.24, 2.45) is 0 Å². The highest BCUT2D eigenvalue weighted by Gasteiger charge is 2.07. The lowest BCUT2D eigenvalue weighted by molar-refractivity contribution is 0.818. The fourth-order valence-electron chi connectivity index (χ4n) is 2.16. The van der Waals surface area contributed by atoms with Gasteiger partial charge in [0.2, 0.25) is 5.95 Å². The van der Waals surface area contributed by atoms with Crippen molar-refractivity contribution in [3.8, 4) is 0 Å². The van der Waals surface area contributed by atoms with Gasteiger partial charge in [0.15, 0.2) is 0 Å². The molecule has 0 spiro atoms. The Balaban J connectivity index is 1.97. The molecule has 0 aliphatic carbocycles. The largest absolute Gasteiger partial charge is 0.359 e. The summed E-state index contributed by atoms with van der Waals surface area (Å²) in [4.78, 5) is 15.3. The molecule has 0 amide bonds. The molecule has 2 aromatic heterocycles. The summed E-state index contributed by atoms with van der Waals surface area (Å²) in [6.45, 7) is 6.01. The van der Waals surface area contributed by atoms with Gasteiger partial charge >= 0.3 is 0 Å². The van der Waals surface area contributed by atoms with Crippen LogP contribution in [0.15, 0.2) is 30.6 Å². The van der Waals surface area contributed by atoms with Gasteiger partial charge in [0.25, 0.3) is 0 Å². The van der Waals surface area contributed by atoms with Crippen LogP contribution in [0.25, 0.3) is 0 Å². The van der Waals surface area contributed by atoms with E-state index in [-0.39, 0.29) is 0 Å². The maximum Gasteiger partial charge on any atom is 0.224 e. The summed E-state index contributed by atoms with van der Waals surface area (Å²) in [6.07, 6.45) is 6.93. The van der Waals surface area contributed by atoms with Gasteiger partial charge in [0.05, 0.1) is 0 Å². The molecule has 5 heteroatoms. The molecule has 22 heavy (non-hydrogen) atoms. The Kier molecular flexibility index (Phi) is 6.13. The van der Waals surface area contributed by atoms with Crippen molar-refractivity contribution < 1.29 is 0 Å². The summed E-state index contributed by atoms with van der Waals surface area (Å²) in [5, 5.41) is 3.30. The Hall–Kier alpha value is -2.17. The molecule has 1 N–H and O–H groups in total. The first-order chi connectivity index (χ1) is 10.7. The lowest BCUT2D eigenvalue weighted by Crippen LogP contribution is -2.22. The lowest BCUT2D eigenvalue weighted by atomic mass is 10.2. The summed E-state index contributed by atoms with van der Waals surface area (Å²) in [7, 11) is 2.07. The standard InChI is InChI=1S/C17H25N5/c1-4-5-9-19-17-20-14(2)13-16(21-17)22(3)12-8-15-6-10-18-11-7-15/h6-7,10-11,13H,4-5,8-9,12H2,1-3H3,(H,19,20,21). The monoisotopic (exact) mass is 299 g/mol. The van der Waals surface area contributed by atoms with Gasteiger partial charge in [-0.2, -0.15) is 4.98 Å². The van der Waals surface area contributed by atoms with E-state index in [0.29, 0.717) is 0 Å². The summed E-state index contributed by atoms with van der Waals surface area (Å²) >= 11 is 0. The second kappa shape index (κ2) is 8.32. The minimum atomic E-state index is 0.721. The molecular weight excluding hydrogens is 274 g/mol. The number of pyridine rings is 1. The van der Waals surface area contributed by atoms with Crippen LogP contribution < -0.4 is 10.2 Å². The van der Waals surface area contributed by atoms with E-state index in [0.717, 1.165) is 49.8 Å². The van der Waals surface area contributed by atoms with Crippen LogP contribution in [0.1, 0.15) is 31.0 Å². The van der Waals surface area contributed by atoms with E-state index in [1.165, 1.54) is 5.56 Å². The number of unbranched alkanes of at least 4 members (excludes halogenated alkanes) is 1. The number of anilines is 2. The van der Waals surface area contributed by atoms with Gasteiger partial charge in [-0.3, -0.25) is 4.98 Å². The smallest absolute Gasteiger partial charge is 0.224 e. The van der Waals surface area contributed by atoms with Crippen molar-refractivity contribution in [2.75, 3.05) is 30.4 Å². The topological polar surface area (TPSA) is 53.9 Å². The van der Waals surface area contributed by atoms with Crippen LogP contribution in [0.4, 0.5) is 11.8 Å². The van der Waals surface area contributed by atoms with Gasteiger partial charge in [0.1, 0.15) is 5.82 Å². The maximum atomic E-state index is 4.61. The zero-order valence-corrected chi connectivity index (χ0v) is 13.7. The number of hydrogen-bond acceptors (Lipinski definition) is 5. The molecule has 118 valence electrons. The third kappa shape index (κ3) is 4.98. The first kappa shape index (κ1) is 16.2. The fourth-order valence-corrected chi connectivity index (χ4v) is 2.16. The van der Waals surface area contributed by atoms with Crippen molar-refractivity contribution in [3.63, 3.8) is 0 Å². The molecule has 0 fully saturated rings. The van der Waals surface area contributed by atoms with Crippen molar-refractivity contribution in [1.82, 2.24) is 15.0 Å². The van der Waals surface area contributed by atoms with E-state index in [1.54, 1.807) is 0 Å². The third-order valence-corrected chi connectivity index (χ3v) is 3.53. The predicted molar refractivity (Wildman–Crippen MR) is 91.4 cm³/mol. The van der Waals surface area contributed by atoms with E-state index >= 15 is 0 Å². The molecule has 2 rings (SSSR count). The Labute approximate surface area is 132 Å². The second-order valence-electron chi connectivity index (χ2n) is 5.50. The van der Waals surface area contributed by atoms with E-state index in [4.69, 9.17) is 0 Å². The molecule has 2 heterocycles. The quantitative estimate of drug-likeness (QED) is 0.759. The van der Waals surface area contributed by atoms with Crippen LogP contribution in [-0.2, 0) is 6.42 Å². The molecule has 0 aliphatic heterocycles. The fraction of sp³-hybridized carbons (Fsp3) is 0.471. The zero-order chi connectivity index (χ0) is 15.8. The second-order valence-corrected chi connectivity index (χ2v) is 5.50. The summed E-state index contributed by atoms with van der Waals surface area (Å²) < 4.78 is 0. The molecule has 0 atom stereocenters. The van der Waals surface area contributed by atoms with Crippen LogP contribution in [-0.4, -0.2) is 35.1 Å². The van der Waals surface area contributed by atoms with Crippen LogP contribution in [0.2, 0.25) is 0 Å². The molecule has 0 bridgehead atoms. The molecule has 0 aromatic carbocycles. The van der Waals surface area contributed by atoms with Gasteiger partial charge in [-0.05, 0) is 37.5 Å². The van der Waals surface area contributed by atoms with Gasteiger partial charge in [0, 0.05) is 44.3 Å². The number of likely N-dealkylation sites (N-methyl/N-ethyl adjacent to an activating group) is 1. The number of rotatable bonds is 8. The van der Waals surface area contributed by atoms with Crippen molar-refractivity contribution in [2.45, 2.75) is 33.1 Å². The summed E-state index contributed by atoms with van der Waals surface area (Å²) in [5.41, 5.74) is 2.27. The Bertz CT molecular complexity index is 571. The van der Waals surface area contributed by atoms with E-state index in [2.05, 4.69) is 51.3 Å². The van der Waals surface area contributed by atoms with Gasteiger partial charge in [-0.15, -0.1) is 0 Å². The molecule has 0 unspecified atom stereocenters. The first-order valence-electron chi connectivity index (χ1n) is 7.88. The SMILES string of the molecule is CCCCNc1nc(C)cc(N(C)CCc2ccncc2)n1. The van der Waals surface area contributed by atoms with Gasteiger partial charge in [-0.1, -0.05) is 13.3 Å². The number of nitrogens with one attached hydrogen (secondary N) is 1. The zero-order valence-electron chi connectivity index (χ0n) is 13.7. The molecule has 5 nitrogen and oxygen atoms in total. The number of hydrogen-bond donors (Lipinski definition) is 1. The van der Waals surface area contributed by atoms with Crippen LogP contribution in [0, 0.1) is 6.92 Å². The predicted octanol–water partition coefficient (Wildman–Crippen LogP) is 3.07. The summed E-state index contributed by atoms with van der Waals surface area (Å²) in [5.74, 6) is 1.68. The highest BCUT2D eigenvalue weighted by Crippen LogP contribution is 2.14. The highest BCUT2D eigenvalue weighted by atomic mass is 15.2. The summed E-state index contributed by atoms with van der Waals surface area (Å²) in [6, 6.07) is 6.13. The van der Waals surface area contributed by atoms with Crippen molar-refractivity contribution in [3.05, 3.63) is 41.9 Å². The van der Waals surface area contributed by atoms with Gasteiger partial charge < -0.3 is 10.2 Å². The van der Waals surface area contributed by atoms with E-state index in [1.807, 2.05) is 25.4 Å².